The normalized spacial score (nSPS) is 19.3. The Kier molecular flexibility index (Phi) is 3.84. The zero-order valence-electron chi connectivity index (χ0n) is 11.1. The van der Waals surface area contributed by atoms with Gasteiger partial charge in [-0.25, -0.2) is 0 Å². The highest BCUT2D eigenvalue weighted by Gasteiger charge is 2.50. The highest BCUT2D eigenvalue weighted by atomic mass is 35.5. The molecule has 2 rings (SSSR count). The number of carbonyl (C=O) groups excluding carboxylic acids is 1. The number of amides is 1. The van der Waals surface area contributed by atoms with Crippen LogP contribution in [0.3, 0.4) is 0 Å². The summed E-state index contributed by atoms with van der Waals surface area (Å²) in [6.45, 7) is 4.48. The fraction of sp³-hybridized carbons (Fsp3) is 0.400. The van der Waals surface area contributed by atoms with Crippen LogP contribution in [0.2, 0.25) is 5.02 Å². The summed E-state index contributed by atoms with van der Waals surface area (Å²) in [5, 5.41) is 3.39. The number of rotatable bonds is 2. The summed E-state index contributed by atoms with van der Waals surface area (Å²) >= 11 is 6.08. The molecule has 1 aliphatic rings. The van der Waals surface area contributed by atoms with Gasteiger partial charge in [-0.05, 0) is 30.0 Å². The van der Waals surface area contributed by atoms with Gasteiger partial charge >= 0.3 is 0 Å². The van der Waals surface area contributed by atoms with Gasteiger partial charge in [-0.15, -0.1) is 0 Å². The van der Waals surface area contributed by atoms with Crippen LogP contribution in [0.5, 0.6) is 0 Å². The van der Waals surface area contributed by atoms with Crippen molar-refractivity contribution in [3.8, 4) is 11.8 Å². The van der Waals surface area contributed by atoms with Gasteiger partial charge in [0.25, 0.3) is 0 Å². The summed E-state index contributed by atoms with van der Waals surface area (Å²) in [6.07, 6.45) is 0.920. The van der Waals surface area contributed by atoms with E-state index in [1.807, 2.05) is 6.07 Å². The van der Waals surface area contributed by atoms with E-state index in [0.717, 1.165) is 12.0 Å². The van der Waals surface area contributed by atoms with Crippen LogP contribution in [0.25, 0.3) is 0 Å². The average molecular weight is 277 g/mol. The smallest absolute Gasteiger partial charge is 0.228 e. The van der Waals surface area contributed by atoms with Crippen LogP contribution in [0.1, 0.15) is 25.8 Å². The fourth-order valence-electron chi connectivity index (χ4n) is 1.99. The standard InChI is InChI=1S/C15H17ClN2O/c1-15(2)9-11(15)14(19)18-13-8-10(4-3-7-17)5-6-12(13)16/h5-6,8,11H,7,9,17H2,1-2H3,(H,18,19). The SMILES string of the molecule is CC1(C)CC1C(=O)Nc1cc(C#CCN)ccc1Cl. The van der Waals surface area contributed by atoms with Crippen molar-refractivity contribution in [1.29, 1.82) is 0 Å². The van der Waals surface area contributed by atoms with E-state index in [2.05, 4.69) is 31.0 Å². The van der Waals surface area contributed by atoms with Crippen molar-refractivity contribution in [2.45, 2.75) is 20.3 Å². The van der Waals surface area contributed by atoms with E-state index in [9.17, 15) is 4.79 Å². The number of hydrogen-bond acceptors (Lipinski definition) is 2. The number of benzene rings is 1. The van der Waals surface area contributed by atoms with Gasteiger partial charge in [0, 0.05) is 11.5 Å². The lowest BCUT2D eigenvalue weighted by Gasteiger charge is -2.08. The quantitative estimate of drug-likeness (QED) is 0.816. The molecule has 0 aromatic heterocycles. The zero-order valence-corrected chi connectivity index (χ0v) is 11.8. The summed E-state index contributed by atoms with van der Waals surface area (Å²) in [5.74, 6) is 5.79. The number of nitrogens with one attached hydrogen (secondary N) is 1. The second kappa shape index (κ2) is 5.24. The number of nitrogens with two attached hydrogens (primary N) is 1. The van der Waals surface area contributed by atoms with E-state index in [1.165, 1.54) is 0 Å². The van der Waals surface area contributed by atoms with Crippen LogP contribution in [0.15, 0.2) is 18.2 Å². The van der Waals surface area contributed by atoms with Gasteiger partial charge in [0.05, 0.1) is 17.3 Å². The van der Waals surface area contributed by atoms with E-state index in [-0.39, 0.29) is 17.2 Å². The molecular formula is C15H17ClN2O. The lowest BCUT2D eigenvalue weighted by Crippen LogP contribution is -2.16. The first-order chi connectivity index (χ1) is 8.94. The molecule has 3 N–H and O–H groups in total. The molecular weight excluding hydrogens is 260 g/mol. The monoisotopic (exact) mass is 276 g/mol. The lowest BCUT2D eigenvalue weighted by molar-refractivity contribution is -0.117. The lowest BCUT2D eigenvalue weighted by atomic mass is 10.1. The van der Waals surface area contributed by atoms with Crippen LogP contribution in [0, 0.1) is 23.2 Å². The number of carbonyl (C=O) groups is 1. The maximum atomic E-state index is 12.0. The molecule has 1 aromatic rings. The van der Waals surface area contributed by atoms with Crippen molar-refractivity contribution in [1.82, 2.24) is 0 Å². The average Bonchev–Trinajstić information content (AvgIpc) is 2.99. The van der Waals surface area contributed by atoms with E-state index in [0.29, 0.717) is 17.3 Å². The third-order valence-corrected chi connectivity index (χ3v) is 3.72. The molecule has 100 valence electrons. The molecule has 0 spiro atoms. The third kappa shape index (κ3) is 3.28. The first-order valence-electron chi connectivity index (χ1n) is 6.23. The van der Waals surface area contributed by atoms with Crippen molar-refractivity contribution in [2.24, 2.45) is 17.1 Å². The highest BCUT2D eigenvalue weighted by Crippen LogP contribution is 2.52. The molecule has 1 aliphatic carbocycles. The zero-order chi connectivity index (χ0) is 14.0. The summed E-state index contributed by atoms with van der Waals surface area (Å²) in [6, 6.07) is 5.32. The van der Waals surface area contributed by atoms with E-state index < -0.39 is 0 Å². The number of halogens is 1. The summed E-state index contributed by atoms with van der Waals surface area (Å²) < 4.78 is 0. The second-order valence-electron chi connectivity index (χ2n) is 5.44. The minimum Gasteiger partial charge on any atom is -0.324 e. The van der Waals surface area contributed by atoms with Crippen LogP contribution < -0.4 is 11.1 Å². The van der Waals surface area contributed by atoms with Crippen LogP contribution in [-0.2, 0) is 4.79 Å². The maximum Gasteiger partial charge on any atom is 0.228 e. The highest BCUT2D eigenvalue weighted by molar-refractivity contribution is 6.33. The Labute approximate surface area is 118 Å². The minimum absolute atomic E-state index is 0.0239. The van der Waals surface area contributed by atoms with Crippen LogP contribution in [-0.4, -0.2) is 12.5 Å². The van der Waals surface area contributed by atoms with E-state index in [1.54, 1.807) is 12.1 Å². The third-order valence-electron chi connectivity index (χ3n) is 3.39. The maximum absolute atomic E-state index is 12.0. The predicted octanol–water partition coefficient (Wildman–Crippen LogP) is 2.63. The first kappa shape index (κ1) is 13.9. The van der Waals surface area contributed by atoms with Gasteiger partial charge in [-0.1, -0.05) is 37.3 Å². The van der Waals surface area contributed by atoms with Gasteiger partial charge in [-0.3, -0.25) is 4.79 Å². The van der Waals surface area contributed by atoms with Gasteiger partial charge in [0.1, 0.15) is 0 Å². The summed E-state index contributed by atoms with van der Waals surface area (Å²) in [5.41, 5.74) is 6.84. The largest absolute Gasteiger partial charge is 0.324 e. The van der Waals surface area contributed by atoms with Crippen LogP contribution >= 0.6 is 11.6 Å². The van der Waals surface area contributed by atoms with Crippen molar-refractivity contribution < 1.29 is 4.79 Å². The van der Waals surface area contributed by atoms with Crippen molar-refractivity contribution >= 4 is 23.2 Å². The predicted molar refractivity (Wildman–Crippen MR) is 77.9 cm³/mol. The molecule has 0 radical (unpaired) electrons. The molecule has 4 heteroatoms. The van der Waals surface area contributed by atoms with Crippen molar-refractivity contribution in [3.63, 3.8) is 0 Å². The Bertz CT molecular complexity index is 569. The fourth-order valence-corrected chi connectivity index (χ4v) is 2.15. The summed E-state index contributed by atoms with van der Waals surface area (Å²) in [7, 11) is 0. The van der Waals surface area contributed by atoms with E-state index >= 15 is 0 Å². The molecule has 1 amide bonds. The van der Waals surface area contributed by atoms with Crippen molar-refractivity contribution in [2.75, 3.05) is 11.9 Å². The molecule has 3 nitrogen and oxygen atoms in total. The first-order valence-corrected chi connectivity index (χ1v) is 6.61. The van der Waals surface area contributed by atoms with Crippen LogP contribution in [0.4, 0.5) is 5.69 Å². The Morgan fingerprint density at radius 3 is 2.84 bits per heavy atom. The second-order valence-corrected chi connectivity index (χ2v) is 5.84. The molecule has 0 bridgehead atoms. The Morgan fingerprint density at radius 2 is 2.26 bits per heavy atom. The molecule has 0 saturated heterocycles. The Balaban J connectivity index is 2.13. The summed E-state index contributed by atoms with van der Waals surface area (Å²) in [4.78, 5) is 12.0. The Hall–Kier alpha value is -1.50. The number of anilines is 1. The molecule has 1 saturated carbocycles. The van der Waals surface area contributed by atoms with Gasteiger partial charge in [-0.2, -0.15) is 0 Å². The molecule has 1 unspecified atom stereocenters. The van der Waals surface area contributed by atoms with Gasteiger partial charge in [0.2, 0.25) is 5.91 Å². The van der Waals surface area contributed by atoms with E-state index in [4.69, 9.17) is 17.3 Å². The molecule has 1 fully saturated rings. The Morgan fingerprint density at radius 1 is 1.58 bits per heavy atom. The molecule has 0 aliphatic heterocycles. The van der Waals surface area contributed by atoms with Gasteiger partial charge < -0.3 is 11.1 Å². The van der Waals surface area contributed by atoms with Crippen molar-refractivity contribution in [3.05, 3.63) is 28.8 Å². The minimum atomic E-state index is 0.0239. The molecule has 0 heterocycles. The molecule has 1 atom stereocenters. The topological polar surface area (TPSA) is 55.1 Å². The molecule has 19 heavy (non-hydrogen) atoms. The number of hydrogen-bond donors (Lipinski definition) is 2. The molecule has 1 aromatic carbocycles. The van der Waals surface area contributed by atoms with Gasteiger partial charge in [0.15, 0.2) is 0 Å².